The summed E-state index contributed by atoms with van der Waals surface area (Å²) in [7, 11) is -1.22. The third-order valence-corrected chi connectivity index (χ3v) is 7.29. The second kappa shape index (κ2) is 8.78. The third kappa shape index (κ3) is 4.55. The summed E-state index contributed by atoms with van der Waals surface area (Å²) < 4.78 is 23.2. The standard InChI is InChI=1S/C22H28N6O3S/c1-15-9-11-28(22(29)24-12-16-4-6-17(7-5-16)32(3,30)31)13-19(15)27(2)21-18-8-10-23-20(18)25-14-26-21/h4-8,10,14-15,19H,9,11-13H2,1-3H3,(H,24,29)(H,23,25,26). The Bertz CT molecular complexity index is 1210. The maximum absolute atomic E-state index is 12.8. The van der Waals surface area contributed by atoms with Crippen LogP contribution in [0.3, 0.4) is 0 Å². The molecular formula is C22H28N6O3S. The summed E-state index contributed by atoms with van der Waals surface area (Å²) in [5.74, 6) is 1.25. The van der Waals surface area contributed by atoms with E-state index in [1.165, 1.54) is 6.26 Å². The van der Waals surface area contributed by atoms with Crippen LogP contribution in [0.25, 0.3) is 11.0 Å². The molecule has 32 heavy (non-hydrogen) atoms. The van der Waals surface area contributed by atoms with Crippen LogP contribution in [0.1, 0.15) is 18.9 Å². The SMILES string of the molecule is CC1CCN(C(=O)NCc2ccc(S(C)(=O)=O)cc2)CC1N(C)c1ncnc2[nH]ccc12. The number of sulfone groups is 1. The Labute approximate surface area is 187 Å². The lowest BCUT2D eigenvalue weighted by molar-refractivity contribution is 0.161. The largest absolute Gasteiger partial charge is 0.354 e. The highest BCUT2D eigenvalue weighted by Crippen LogP contribution is 2.28. The van der Waals surface area contributed by atoms with Gasteiger partial charge in [-0.05, 0) is 36.1 Å². The Kier molecular flexibility index (Phi) is 6.05. The Morgan fingerprint density at radius 1 is 1.25 bits per heavy atom. The topological polar surface area (TPSA) is 111 Å². The van der Waals surface area contributed by atoms with E-state index in [2.05, 4.69) is 32.1 Å². The number of fused-ring (bicyclic) bond motifs is 1. The van der Waals surface area contributed by atoms with Crippen molar-refractivity contribution in [3.05, 3.63) is 48.4 Å². The zero-order valence-electron chi connectivity index (χ0n) is 18.4. The number of H-pyrrole nitrogens is 1. The van der Waals surface area contributed by atoms with Gasteiger partial charge in [-0.25, -0.2) is 23.2 Å². The molecule has 4 rings (SSSR count). The van der Waals surface area contributed by atoms with E-state index in [4.69, 9.17) is 0 Å². The third-order valence-electron chi connectivity index (χ3n) is 6.17. The molecule has 10 heteroatoms. The number of aromatic nitrogens is 3. The van der Waals surface area contributed by atoms with Gasteiger partial charge in [-0.1, -0.05) is 19.1 Å². The predicted molar refractivity (Wildman–Crippen MR) is 123 cm³/mol. The van der Waals surface area contributed by atoms with Gasteiger partial charge in [0.1, 0.15) is 17.8 Å². The molecule has 1 aliphatic rings. The van der Waals surface area contributed by atoms with E-state index in [0.717, 1.165) is 28.8 Å². The number of benzene rings is 1. The molecule has 1 aliphatic heterocycles. The van der Waals surface area contributed by atoms with Gasteiger partial charge in [0, 0.05) is 39.1 Å². The van der Waals surface area contributed by atoms with Gasteiger partial charge in [0.2, 0.25) is 0 Å². The quantitative estimate of drug-likeness (QED) is 0.610. The van der Waals surface area contributed by atoms with Crippen molar-refractivity contribution in [2.45, 2.75) is 30.8 Å². The van der Waals surface area contributed by atoms with E-state index in [9.17, 15) is 13.2 Å². The number of nitrogens with zero attached hydrogens (tertiary/aromatic N) is 4. The summed E-state index contributed by atoms with van der Waals surface area (Å²) in [5, 5.41) is 3.91. The fourth-order valence-electron chi connectivity index (χ4n) is 4.18. The minimum atomic E-state index is -3.23. The van der Waals surface area contributed by atoms with Gasteiger partial charge in [-0.15, -0.1) is 0 Å². The number of nitrogens with one attached hydrogen (secondary N) is 2. The van der Waals surface area contributed by atoms with Gasteiger partial charge in [-0.2, -0.15) is 0 Å². The lowest BCUT2D eigenvalue weighted by Gasteiger charge is -2.42. The Balaban J connectivity index is 1.41. The van der Waals surface area contributed by atoms with Crippen molar-refractivity contribution in [2.24, 2.45) is 5.92 Å². The zero-order valence-corrected chi connectivity index (χ0v) is 19.3. The molecule has 2 amide bonds. The van der Waals surface area contributed by atoms with E-state index in [1.807, 2.05) is 24.2 Å². The molecule has 2 unspecified atom stereocenters. The lowest BCUT2D eigenvalue weighted by Crippen LogP contribution is -2.54. The normalized spacial score (nSPS) is 19.2. The van der Waals surface area contributed by atoms with Gasteiger partial charge in [0.25, 0.3) is 0 Å². The van der Waals surface area contributed by atoms with Crippen molar-refractivity contribution in [1.82, 2.24) is 25.2 Å². The first-order chi connectivity index (χ1) is 15.2. The molecule has 9 nitrogen and oxygen atoms in total. The maximum Gasteiger partial charge on any atom is 0.317 e. The molecule has 2 aromatic heterocycles. The van der Waals surface area contributed by atoms with Crippen LogP contribution in [0, 0.1) is 5.92 Å². The van der Waals surface area contributed by atoms with Crippen molar-refractivity contribution in [1.29, 1.82) is 0 Å². The lowest BCUT2D eigenvalue weighted by atomic mass is 9.92. The number of hydrogen-bond donors (Lipinski definition) is 2. The molecule has 1 fully saturated rings. The number of amides is 2. The summed E-state index contributed by atoms with van der Waals surface area (Å²) in [6, 6.07) is 8.54. The van der Waals surface area contributed by atoms with Crippen LogP contribution in [-0.4, -0.2) is 66.7 Å². The second-order valence-electron chi connectivity index (χ2n) is 8.40. The zero-order chi connectivity index (χ0) is 22.9. The number of urea groups is 1. The van der Waals surface area contributed by atoms with E-state index in [-0.39, 0.29) is 17.0 Å². The van der Waals surface area contributed by atoms with Crippen LogP contribution in [0.5, 0.6) is 0 Å². The number of rotatable bonds is 5. The van der Waals surface area contributed by atoms with E-state index < -0.39 is 9.84 Å². The minimum Gasteiger partial charge on any atom is -0.354 e. The van der Waals surface area contributed by atoms with Gasteiger partial charge in [-0.3, -0.25) is 0 Å². The molecule has 0 saturated carbocycles. The van der Waals surface area contributed by atoms with Crippen LogP contribution >= 0.6 is 0 Å². The number of carbonyl (C=O) groups excluding carboxylic acids is 1. The molecule has 0 radical (unpaired) electrons. The highest BCUT2D eigenvalue weighted by atomic mass is 32.2. The smallest absolute Gasteiger partial charge is 0.317 e. The van der Waals surface area contributed by atoms with Crippen LogP contribution in [0.4, 0.5) is 10.6 Å². The fraction of sp³-hybridized carbons (Fsp3) is 0.409. The Hall–Kier alpha value is -3.14. The summed E-state index contributed by atoms with van der Waals surface area (Å²) in [6.45, 7) is 3.82. The van der Waals surface area contributed by atoms with Crippen molar-refractivity contribution < 1.29 is 13.2 Å². The number of carbonyl (C=O) groups is 1. The molecule has 1 aromatic carbocycles. The fourth-order valence-corrected chi connectivity index (χ4v) is 4.81. The first-order valence-electron chi connectivity index (χ1n) is 10.6. The van der Waals surface area contributed by atoms with Gasteiger partial charge in [0.05, 0.1) is 16.3 Å². The number of aromatic amines is 1. The van der Waals surface area contributed by atoms with Gasteiger partial charge >= 0.3 is 6.03 Å². The van der Waals surface area contributed by atoms with Crippen LogP contribution in [0.2, 0.25) is 0 Å². The van der Waals surface area contributed by atoms with Crippen LogP contribution < -0.4 is 10.2 Å². The minimum absolute atomic E-state index is 0.122. The molecule has 3 heterocycles. The van der Waals surface area contributed by atoms with Crippen molar-refractivity contribution in [3.8, 4) is 0 Å². The van der Waals surface area contributed by atoms with E-state index in [1.54, 1.807) is 30.6 Å². The summed E-state index contributed by atoms with van der Waals surface area (Å²) in [5.41, 5.74) is 1.64. The van der Waals surface area contributed by atoms with Crippen LogP contribution in [0.15, 0.2) is 47.8 Å². The van der Waals surface area contributed by atoms with E-state index >= 15 is 0 Å². The molecule has 0 spiro atoms. The van der Waals surface area contributed by atoms with Crippen molar-refractivity contribution in [2.75, 3.05) is 31.3 Å². The second-order valence-corrected chi connectivity index (χ2v) is 10.4. The highest BCUT2D eigenvalue weighted by molar-refractivity contribution is 7.90. The highest BCUT2D eigenvalue weighted by Gasteiger charge is 2.32. The van der Waals surface area contributed by atoms with Crippen LogP contribution in [-0.2, 0) is 16.4 Å². The average molecular weight is 457 g/mol. The maximum atomic E-state index is 12.8. The van der Waals surface area contributed by atoms with Crippen molar-refractivity contribution >= 4 is 32.7 Å². The number of likely N-dealkylation sites (tertiary alicyclic amines) is 1. The number of anilines is 1. The first-order valence-corrected chi connectivity index (χ1v) is 12.5. The molecule has 2 atom stereocenters. The number of piperidine rings is 1. The summed E-state index contributed by atoms with van der Waals surface area (Å²) in [6.07, 6.45) is 5.48. The average Bonchev–Trinajstić information content (AvgIpc) is 3.26. The monoisotopic (exact) mass is 456 g/mol. The molecule has 0 bridgehead atoms. The van der Waals surface area contributed by atoms with E-state index in [0.29, 0.717) is 25.6 Å². The Morgan fingerprint density at radius 2 is 2.00 bits per heavy atom. The molecular weight excluding hydrogens is 428 g/mol. The number of likely N-dealkylation sites (N-methyl/N-ethyl adjacent to an activating group) is 1. The summed E-state index contributed by atoms with van der Waals surface area (Å²) in [4.78, 5) is 29.0. The number of hydrogen-bond acceptors (Lipinski definition) is 6. The Morgan fingerprint density at radius 3 is 2.72 bits per heavy atom. The van der Waals surface area contributed by atoms with Gasteiger partial charge < -0.3 is 20.1 Å². The molecule has 3 aromatic rings. The molecule has 0 aliphatic carbocycles. The summed E-state index contributed by atoms with van der Waals surface area (Å²) >= 11 is 0. The molecule has 2 N–H and O–H groups in total. The predicted octanol–water partition coefficient (Wildman–Crippen LogP) is 2.42. The van der Waals surface area contributed by atoms with Crippen molar-refractivity contribution in [3.63, 3.8) is 0 Å². The molecule has 170 valence electrons. The molecule has 1 saturated heterocycles. The van der Waals surface area contributed by atoms with Gasteiger partial charge in [0.15, 0.2) is 9.84 Å². The first kappa shape index (κ1) is 22.1.